The van der Waals surface area contributed by atoms with E-state index in [1.807, 2.05) is 19.9 Å². The summed E-state index contributed by atoms with van der Waals surface area (Å²) in [7, 11) is 0. The summed E-state index contributed by atoms with van der Waals surface area (Å²) >= 11 is 0. The van der Waals surface area contributed by atoms with E-state index >= 15 is 0 Å². The Kier molecular flexibility index (Phi) is 6.97. The van der Waals surface area contributed by atoms with Gasteiger partial charge in [0.2, 0.25) is 5.95 Å². The number of fused-ring (bicyclic) bond motifs is 3. The van der Waals surface area contributed by atoms with Gasteiger partial charge in [0.1, 0.15) is 0 Å². The number of rotatable bonds is 10. The highest BCUT2D eigenvalue weighted by Crippen LogP contribution is 2.30. The van der Waals surface area contributed by atoms with Crippen molar-refractivity contribution in [3.63, 3.8) is 0 Å². The van der Waals surface area contributed by atoms with Crippen LogP contribution in [0.1, 0.15) is 39.2 Å². The second-order valence-corrected chi connectivity index (χ2v) is 8.02. The van der Waals surface area contributed by atoms with Crippen LogP contribution in [0.5, 0.6) is 11.5 Å². The molecular weight excluding hydrogens is 388 g/mol. The van der Waals surface area contributed by atoms with Crippen LogP contribution in [0.3, 0.4) is 0 Å². The normalized spacial score (nSPS) is 14.1. The van der Waals surface area contributed by atoms with E-state index < -0.39 is 0 Å². The molecular formula is C25H34N4O2. The molecule has 3 aromatic rings. The van der Waals surface area contributed by atoms with Crippen LogP contribution in [-0.2, 0) is 13.1 Å². The molecule has 0 spiro atoms. The molecule has 6 heteroatoms. The molecule has 1 aromatic heterocycles. The molecule has 2 heterocycles. The van der Waals surface area contributed by atoms with Crippen molar-refractivity contribution in [2.45, 2.75) is 46.7 Å². The molecule has 0 radical (unpaired) electrons. The van der Waals surface area contributed by atoms with E-state index in [4.69, 9.17) is 14.5 Å². The van der Waals surface area contributed by atoms with Crippen LogP contribution >= 0.6 is 0 Å². The molecule has 1 aliphatic heterocycles. The highest BCUT2D eigenvalue weighted by Gasteiger charge is 2.25. The molecule has 2 aromatic carbocycles. The number of para-hydroxylation sites is 2. The second-order valence-electron chi connectivity index (χ2n) is 8.02. The Morgan fingerprint density at radius 2 is 1.71 bits per heavy atom. The molecule has 31 heavy (non-hydrogen) atoms. The first-order valence-corrected chi connectivity index (χ1v) is 11.5. The number of imidazole rings is 1. The van der Waals surface area contributed by atoms with Gasteiger partial charge < -0.3 is 14.4 Å². The fourth-order valence-corrected chi connectivity index (χ4v) is 4.19. The molecule has 4 rings (SSSR count). The minimum Gasteiger partial charge on any atom is -0.490 e. The zero-order chi connectivity index (χ0) is 21.6. The van der Waals surface area contributed by atoms with Crippen molar-refractivity contribution in [1.29, 1.82) is 0 Å². The molecule has 0 aliphatic carbocycles. The molecule has 0 saturated carbocycles. The average Bonchev–Trinajstić information content (AvgIpc) is 3.17. The summed E-state index contributed by atoms with van der Waals surface area (Å²) in [5.74, 6) is 2.77. The number of hydrogen-bond donors (Lipinski definition) is 0. The summed E-state index contributed by atoms with van der Waals surface area (Å²) in [4.78, 5) is 9.87. The molecule has 166 valence electrons. The van der Waals surface area contributed by atoms with E-state index in [9.17, 15) is 0 Å². The minimum absolute atomic E-state index is 0.637. The van der Waals surface area contributed by atoms with Gasteiger partial charge in [0.25, 0.3) is 0 Å². The fraction of sp³-hybridized carbons (Fsp3) is 0.480. The number of unbranched alkanes of at least 4 members (excludes halogenated alkanes) is 1. The van der Waals surface area contributed by atoms with Gasteiger partial charge in [0, 0.05) is 13.1 Å². The smallest absolute Gasteiger partial charge is 0.208 e. The van der Waals surface area contributed by atoms with Gasteiger partial charge in [-0.1, -0.05) is 31.5 Å². The lowest BCUT2D eigenvalue weighted by atomic mass is 10.1. The van der Waals surface area contributed by atoms with E-state index in [-0.39, 0.29) is 0 Å². The Morgan fingerprint density at radius 1 is 0.903 bits per heavy atom. The van der Waals surface area contributed by atoms with Gasteiger partial charge in [0.05, 0.1) is 37.6 Å². The maximum Gasteiger partial charge on any atom is 0.208 e. The van der Waals surface area contributed by atoms with Crippen molar-refractivity contribution in [3.8, 4) is 11.5 Å². The Labute approximate surface area is 185 Å². The number of hydrogen-bond acceptors (Lipinski definition) is 5. The highest BCUT2D eigenvalue weighted by molar-refractivity contribution is 5.79. The van der Waals surface area contributed by atoms with Gasteiger partial charge in [-0.05, 0) is 56.5 Å². The maximum absolute atomic E-state index is 5.81. The number of anilines is 1. The summed E-state index contributed by atoms with van der Waals surface area (Å²) in [5.41, 5.74) is 3.56. The van der Waals surface area contributed by atoms with Crippen LogP contribution in [0.15, 0.2) is 42.5 Å². The third kappa shape index (κ3) is 4.79. The molecule has 0 fully saturated rings. The molecule has 0 unspecified atom stereocenters. The van der Waals surface area contributed by atoms with E-state index in [2.05, 4.69) is 57.7 Å². The van der Waals surface area contributed by atoms with Crippen molar-refractivity contribution in [3.05, 3.63) is 48.0 Å². The maximum atomic E-state index is 5.81. The lowest BCUT2D eigenvalue weighted by Crippen LogP contribution is -2.46. The standard InChI is InChI=1S/C25H34N4O2/c1-4-7-15-28-18-27(19-29-22-11-9-8-10-21(22)26-25(28)29)16-14-20-12-13-23(30-5-2)24(17-20)31-6-3/h8-13,17H,4-7,14-16,18-19H2,1-3H3. The van der Waals surface area contributed by atoms with E-state index in [1.165, 1.54) is 23.9 Å². The molecule has 6 nitrogen and oxygen atoms in total. The first-order valence-electron chi connectivity index (χ1n) is 11.5. The SMILES string of the molecule is CCCCN1CN(CCc2ccc(OCC)c(OCC)c2)Cn2c1nc1ccccc12. The Morgan fingerprint density at radius 3 is 2.52 bits per heavy atom. The lowest BCUT2D eigenvalue weighted by molar-refractivity contribution is 0.201. The third-order valence-electron chi connectivity index (χ3n) is 5.74. The van der Waals surface area contributed by atoms with Crippen molar-refractivity contribution in [2.24, 2.45) is 0 Å². The molecule has 1 aliphatic rings. The number of nitrogens with zero attached hydrogens (tertiary/aromatic N) is 4. The van der Waals surface area contributed by atoms with Gasteiger partial charge in [-0.25, -0.2) is 4.98 Å². The Hall–Kier alpha value is -2.73. The van der Waals surface area contributed by atoms with Crippen LogP contribution in [0.25, 0.3) is 11.0 Å². The highest BCUT2D eigenvalue weighted by atomic mass is 16.5. The van der Waals surface area contributed by atoms with Crippen molar-refractivity contribution < 1.29 is 9.47 Å². The minimum atomic E-state index is 0.637. The predicted molar refractivity (Wildman–Crippen MR) is 126 cm³/mol. The Bertz CT molecular complexity index is 1000. The Balaban J connectivity index is 1.51. The summed E-state index contributed by atoms with van der Waals surface area (Å²) in [6.07, 6.45) is 3.33. The van der Waals surface area contributed by atoms with Gasteiger partial charge in [-0.3, -0.25) is 9.47 Å². The number of aromatic nitrogens is 2. The lowest BCUT2D eigenvalue weighted by Gasteiger charge is -2.37. The summed E-state index contributed by atoms with van der Waals surface area (Å²) in [6, 6.07) is 14.8. The molecule has 0 N–H and O–H groups in total. The molecule has 0 saturated heterocycles. The van der Waals surface area contributed by atoms with Crippen molar-refractivity contribution >= 4 is 17.0 Å². The van der Waals surface area contributed by atoms with E-state index in [0.29, 0.717) is 13.2 Å². The predicted octanol–water partition coefficient (Wildman–Crippen LogP) is 4.91. The van der Waals surface area contributed by atoms with Gasteiger partial charge >= 0.3 is 0 Å². The van der Waals surface area contributed by atoms with Gasteiger partial charge in [-0.2, -0.15) is 0 Å². The van der Waals surface area contributed by atoms with Crippen LogP contribution in [0.2, 0.25) is 0 Å². The average molecular weight is 423 g/mol. The topological polar surface area (TPSA) is 42.8 Å². The van der Waals surface area contributed by atoms with E-state index in [0.717, 1.165) is 55.8 Å². The zero-order valence-electron chi connectivity index (χ0n) is 19.0. The summed E-state index contributed by atoms with van der Waals surface area (Å²) in [6.45, 7) is 11.3. The zero-order valence-corrected chi connectivity index (χ0v) is 19.0. The van der Waals surface area contributed by atoms with Crippen LogP contribution in [-0.4, -0.2) is 47.4 Å². The number of ether oxygens (including phenoxy) is 2. The first-order chi connectivity index (χ1) is 15.2. The summed E-state index contributed by atoms with van der Waals surface area (Å²) < 4.78 is 13.9. The largest absolute Gasteiger partial charge is 0.490 e. The fourth-order valence-electron chi connectivity index (χ4n) is 4.19. The van der Waals surface area contributed by atoms with Crippen molar-refractivity contribution in [2.75, 3.05) is 37.9 Å². The van der Waals surface area contributed by atoms with Crippen LogP contribution < -0.4 is 14.4 Å². The van der Waals surface area contributed by atoms with Crippen LogP contribution in [0, 0.1) is 0 Å². The molecule has 0 amide bonds. The first kappa shape index (κ1) is 21.5. The van der Waals surface area contributed by atoms with Gasteiger partial charge in [-0.15, -0.1) is 0 Å². The van der Waals surface area contributed by atoms with Gasteiger partial charge in [0.15, 0.2) is 11.5 Å². The van der Waals surface area contributed by atoms with Crippen LogP contribution in [0.4, 0.5) is 5.95 Å². The van der Waals surface area contributed by atoms with E-state index in [1.54, 1.807) is 0 Å². The number of benzene rings is 2. The molecule has 0 atom stereocenters. The second kappa shape index (κ2) is 10.1. The summed E-state index contributed by atoms with van der Waals surface area (Å²) in [5, 5.41) is 0. The van der Waals surface area contributed by atoms with Crippen molar-refractivity contribution in [1.82, 2.24) is 14.5 Å². The monoisotopic (exact) mass is 422 g/mol. The third-order valence-corrected chi connectivity index (χ3v) is 5.74. The quantitative estimate of drug-likeness (QED) is 0.464. The molecule has 0 bridgehead atoms.